The van der Waals surface area contributed by atoms with Crippen LogP contribution in [-0.4, -0.2) is 54.2 Å². The van der Waals surface area contributed by atoms with Gasteiger partial charge in [-0.1, -0.05) is 6.07 Å². The lowest BCUT2D eigenvalue weighted by Gasteiger charge is -2.29. The van der Waals surface area contributed by atoms with E-state index >= 15 is 0 Å². The van der Waals surface area contributed by atoms with E-state index in [1.54, 1.807) is 4.90 Å². The Bertz CT molecular complexity index is 524. The number of rotatable bonds is 3. The highest BCUT2D eigenvalue weighted by molar-refractivity contribution is 5.99. The summed E-state index contributed by atoms with van der Waals surface area (Å²) >= 11 is 0. The Morgan fingerprint density at radius 1 is 1.38 bits per heavy atom. The zero-order valence-corrected chi connectivity index (χ0v) is 11.6. The molecule has 2 amide bonds. The normalized spacial score (nSPS) is 16.4. The average Bonchev–Trinajstić information content (AvgIpc) is 2.47. The predicted molar refractivity (Wildman–Crippen MR) is 72.4 cm³/mol. The molecule has 1 aliphatic rings. The van der Waals surface area contributed by atoms with Crippen LogP contribution in [0.5, 0.6) is 5.75 Å². The molecule has 1 aliphatic heterocycles. The zero-order valence-electron chi connectivity index (χ0n) is 11.6. The van der Waals surface area contributed by atoms with Gasteiger partial charge in [0.2, 0.25) is 5.91 Å². The minimum absolute atomic E-state index is 0.262. The maximum atomic E-state index is 13.6. The number of carbonyl (C=O) groups is 2. The molecule has 1 fully saturated rings. The maximum absolute atomic E-state index is 13.6. The molecule has 6 nitrogen and oxygen atoms in total. The fraction of sp³-hybridized carbons (Fsp3) is 0.429. The third kappa shape index (κ3) is 3.49. The molecule has 1 atom stereocenters. The smallest absolute Gasteiger partial charge is 0.258 e. The number of amides is 2. The molecule has 21 heavy (non-hydrogen) atoms. The Morgan fingerprint density at radius 2 is 2.05 bits per heavy atom. The van der Waals surface area contributed by atoms with E-state index in [1.165, 1.54) is 19.1 Å². The molecular weight excluding hydrogens is 279 g/mol. The quantitative estimate of drug-likeness (QED) is 0.852. The van der Waals surface area contributed by atoms with Crippen LogP contribution in [0.15, 0.2) is 18.2 Å². The Kier molecular flexibility index (Phi) is 4.74. The summed E-state index contributed by atoms with van der Waals surface area (Å²) in [6.45, 7) is 3.36. The van der Waals surface area contributed by atoms with Crippen molar-refractivity contribution in [3.63, 3.8) is 0 Å². The second-order valence-electron chi connectivity index (χ2n) is 4.77. The van der Waals surface area contributed by atoms with E-state index in [0.29, 0.717) is 26.3 Å². The molecule has 7 heteroatoms. The van der Waals surface area contributed by atoms with Crippen LogP contribution in [0.3, 0.4) is 0 Å². The SMILES string of the molecule is CC(NC(=O)c1c(O)cccc1F)C(=O)N1CCOCC1. The van der Waals surface area contributed by atoms with Crippen molar-refractivity contribution in [1.29, 1.82) is 0 Å². The van der Waals surface area contributed by atoms with Crippen molar-refractivity contribution in [2.24, 2.45) is 0 Å². The molecule has 1 heterocycles. The van der Waals surface area contributed by atoms with Crippen molar-refractivity contribution in [2.75, 3.05) is 26.3 Å². The Hall–Kier alpha value is -2.15. The van der Waals surface area contributed by atoms with E-state index in [4.69, 9.17) is 4.74 Å². The standard InChI is InChI=1S/C14H17FN2O4/c1-9(14(20)17-5-7-21-8-6-17)16-13(19)12-10(15)3-2-4-11(12)18/h2-4,9,18H,5-8H2,1H3,(H,16,19). The lowest BCUT2D eigenvalue weighted by Crippen LogP contribution is -2.50. The number of nitrogens with zero attached hydrogens (tertiary/aromatic N) is 1. The van der Waals surface area contributed by atoms with Gasteiger partial charge < -0.3 is 20.1 Å². The molecule has 0 aliphatic carbocycles. The monoisotopic (exact) mass is 296 g/mol. The van der Waals surface area contributed by atoms with Gasteiger partial charge in [0.1, 0.15) is 23.2 Å². The van der Waals surface area contributed by atoms with E-state index in [0.717, 1.165) is 6.07 Å². The van der Waals surface area contributed by atoms with Crippen LogP contribution in [0.1, 0.15) is 17.3 Å². The molecule has 114 valence electrons. The fourth-order valence-electron chi connectivity index (χ4n) is 2.13. The highest BCUT2D eigenvalue weighted by atomic mass is 19.1. The Labute approximate surface area is 121 Å². The van der Waals surface area contributed by atoms with E-state index in [9.17, 15) is 19.1 Å². The lowest BCUT2D eigenvalue weighted by molar-refractivity contribution is -0.136. The number of halogens is 1. The maximum Gasteiger partial charge on any atom is 0.258 e. The van der Waals surface area contributed by atoms with Crippen molar-refractivity contribution >= 4 is 11.8 Å². The van der Waals surface area contributed by atoms with Crippen molar-refractivity contribution in [2.45, 2.75) is 13.0 Å². The average molecular weight is 296 g/mol. The minimum Gasteiger partial charge on any atom is -0.507 e. The van der Waals surface area contributed by atoms with E-state index in [1.807, 2.05) is 0 Å². The van der Waals surface area contributed by atoms with Gasteiger partial charge >= 0.3 is 0 Å². The van der Waals surface area contributed by atoms with Gasteiger partial charge in [-0.15, -0.1) is 0 Å². The number of carbonyl (C=O) groups excluding carboxylic acids is 2. The van der Waals surface area contributed by atoms with Crippen LogP contribution >= 0.6 is 0 Å². The van der Waals surface area contributed by atoms with Crippen LogP contribution in [0.2, 0.25) is 0 Å². The first-order chi connectivity index (χ1) is 10.0. The van der Waals surface area contributed by atoms with E-state index < -0.39 is 29.1 Å². The molecule has 0 bridgehead atoms. The van der Waals surface area contributed by atoms with Gasteiger partial charge in [0, 0.05) is 13.1 Å². The number of aromatic hydroxyl groups is 1. The van der Waals surface area contributed by atoms with Crippen LogP contribution < -0.4 is 5.32 Å². The second kappa shape index (κ2) is 6.53. The molecule has 1 saturated heterocycles. The number of hydrogen-bond acceptors (Lipinski definition) is 4. The van der Waals surface area contributed by atoms with Crippen LogP contribution in [-0.2, 0) is 9.53 Å². The summed E-state index contributed by atoms with van der Waals surface area (Å²) in [6.07, 6.45) is 0. The molecule has 1 aromatic carbocycles. The molecular formula is C14H17FN2O4. The summed E-state index contributed by atoms with van der Waals surface area (Å²) in [7, 11) is 0. The van der Waals surface area contributed by atoms with E-state index in [-0.39, 0.29) is 5.91 Å². The lowest BCUT2D eigenvalue weighted by atomic mass is 10.1. The van der Waals surface area contributed by atoms with Crippen LogP contribution in [0.4, 0.5) is 4.39 Å². The number of phenols is 1. The zero-order chi connectivity index (χ0) is 15.4. The number of hydrogen-bond donors (Lipinski definition) is 2. The third-order valence-corrected chi connectivity index (χ3v) is 3.26. The van der Waals surface area contributed by atoms with Gasteiger partial charge in [-0.3, -0.25) is 9.59 Å². The van der Waals surface area contributed by atoms with Gasteiger partial charge in [0.05, 0.1) is 13.2 Å². The molecule has 2 N–H and O–H groups in total. The number of benzene rings is 1. The minimum atomic E-state index is -0.835. The Balaban J connectivity index is 2.03. The Morgan fingerprint density at radius 3 is 2.67 bits per heavy atom. The first-order valence-electron chi connectivity index (χ1n) is 6.65. The van der Waals surface area contributed by atoms with Gasteiger partial charge in [0.15, 0.2) is 0 Å². The number of nitrogens with one attached hydrogen (secondary N) is 1. The summed E-state index contributed by atoms with van der Waals surface area (Å²) in [5.74, 6) is -2.38. The molecule has 0 saturated carbocycles. The van der Waals surface area contributed by atoms with Gasteiger partial charge in [-0.05, 0) is 19.1 Å². The number of ether oxygens (including phenoxy) is 1. The summed E-state index contributed by atoms with van der Waals surface area (Å²) in [4.78, 5) is 25.7. The first kappa shape index (κ1) is 15.2. The highest BCUT2D eigenvalue weighted by Crippen LogP contribution is 2.19. The third-order valence-electron chi connectivity index (χ3n) is 3.26. The largest absolute Gasteiger partial charge is 0.507 e. The summed E-state index contributed by atoms with van der Waals surface area (Å²) in [6, 6.07) is 2.77. The fourth-order valence-corrected chi connectivity index (χ4v) is 2.13. The van der Waals surface area contributed by atoms with Gasteiger partial charge in [-0.25, -0.2) is 4.39 Å². The van der Waals surface area contributed by atoms with Gasteiger partial charge in [-0.2, -0.15) is 0 Å². The second-order valence-corrected chi connectivity index (χ2v) is 4.77. The molecule has 2 rings (SSSR count). The summed E-state index contributed by atoms with van der Waals surface area (Å²) < 4.78 is 18.7. The molecule has 1 unspecified atom stereocenters. The topological polar surface area (TPSA) is 78.9 Å². The molecule has 0 aromatic heterocycles. The molecule has 0 spiro atoms. The number of morpholine rings is 1. The summed E-state index contributed by atoms with van der Waals surface area (Å²) in [5, 5.41) is 12.0. The predicted octanol–water partition coefficient (Wildman–Crippen LogP) is 0.508. The highest BCUT2D eigenvalue weighted by Gasteiger charge is 2.25. The first-order valence-corrected chi connectivity index (χ1v) is 6.65. The molecule has 0 radical (unpaired) electrons. The van der Waals surface area contributed by atoms with Crippen molar-refractivity contribution in [3.8, 4) is 5.75 Å². The van der Waals surface area contributed by atoms with Crippen LogP contribution in [0.25, 0.3) is 0 Å². The van der Waals surface area contributed by atoms with E-state index in [2.05, 4.69) is 5.32 Å². The summed E-state index contributed by atoms with van der Waals surface area (Å²) in [5.41, 5.74) is -0.459. The molecule has 1 aromatic rings. The van der Waals surface area contributed by atoms with Crippen molar-refractivity contribution in [1.82, 2.24) is 10.2 Å². The van der Waals surface area contributed by atoms with Crippen molar-refractivity contribution in [3.05, 3.63) is 29.6 Å². The number of phenolic OH excluding ortho intramolecular Hbond substituents is 1. The van der Waals surface area contributed by atoms with Gasteiger partial charge in [0.25, 0.3) is 5.91 Å². The van der Waals surface area contributed by atoms with Crippen molar-refractivity contribution < 1.29 is 23.8 Å². The van der Waals surface area contributed by atoms with Crippen LogP contribution in [0, 0.1) is 5.82 Å².